The number of hydrogen-bond donors (Lipinski definition) is 0. The van der Waals surface area contributed by atoms with Crippen molar-refractivity contribution in [2.45, 2.75) is 55.9 Å². The van der Waals surface area contributed by atoms with Crippen LogP contribution < -0.4 is 0 Å². The summed E-state index contributed by atoms with van der Waals surface area (Å²) in [6.07, 6.45) is -0.0473. The van der Waals surface area contributed by atoms with E-state index in [1.807, 2.05) is 19.1 Å². The maximum atomic E-state index is 14.7. The number of rotatable bonds is 7. The number of sulfonamides is 1. The molecule has 0 radical (unpaired) electrons. The van der Waals surface area contributed by atoms with Gasteiger partial charge in [-0.05, 0) is 61.7 Å². The molecule has 3 aromatic carbocycles. The summed E-state index contributed by atoms with van der Waals surface area (Å²) in [5.74, 6) is -2.12. The second-order valence-electron chi connectivity index (χ2n) is 9.81. The molecule has 0 saturated carbocycles. The van der Waals surface area contributed by atoms with Gasteiger partial charge in [0, 0.05) is 11.4 Å². The van der Waals surface area contributed by atoms with Crippen molar-refractivity contribution in [2.75, 3.05) is 13.2 Å². The number of aryl methyl sites for hydroxylation is 1. The molecule has 0 aromatic heterocycles. The van der Waals surface area contributed by atoms with Crippen LogP contribution in [0.3, 0.4) is 0 Å². The molecule has 2 heterocycles. The summed E-state index contributed by atoms with van der Waals surface area (Å²) in [7, 11) is -4.54. The van der Waals surface area contributed by atoms with Crippen LogP contribution in [-0.2, 0) is 46.0 Å². The van der Waals surface area contributed by atoms with E-state index in [4.69, 9.17) is 25.8 Å². The van der Waals surface area contributed by atoms with Crippen LogP contribution >= 0.6 is 11.6 Å². The zero-order chi connectivity index (χ0) is 28.7. The Morgan fingerprint density at radius 2 is 1.55 bits per heavy atom. The molecule has 2 atom stereocenters. The number of carbonyl (C=O) groups is 2. The van der Waals surface area contributed by atoms with Gasteiger partial charge in [0.2, 0.25) is 10.0 Å². The molecular formula is C30H30ClNO7S. The Morgan fingerprint density at radius 3 is 2.15 bits per heavy atom. The van der Waals surface area contributed by atoms with Crippen LogP contribution in [0.15, 0.2) is 77.7 Å². The molecule has 1 fully saturated rings. The minimum absolute atomic E-state index is 0.0473. The molecule has 0 N–H and O–H groups in total. The lowest BCUT2D eigenvalue weighted by molar-refractivity contribution is -0.190. The van der Waals surface area contributed by atoms with Gasteiger partial charge in [0.05, 0.1) is 30.8 Å². The predicted molar refractivity (Wildman–Crippen MR) is 148 cm³/mol. The highest BCUT2D eigenvalue weighted by Crippen LogP contribution is 2.62. The number of hydrogen-bond acceptors (Lipinski definition) is 7. The molecule has 2 aliphatic heterocycles. The maximum Gasteiger partial charge on any atom is 0.342 e. The molecule has 0 bridgehead atoms. The van der Waals surface area contributed by atoms with Crippen LogP contribution in [0.4, 0.5) is 0 Å². The summed E-state index contributed by atoms with van der Waals surface area (Å²) in [6, 6.07) is 19.1. The van der Waals surface area contributed by atoms with Gasteiger partial charge in [-0.3, -0.25) is 0 Å². The lowest BCUT2D eigenvalue weighted by Gasteiger charge is -2.42. The first kappa shape index (κ1) is 28.3. The lowest BCUT2D eigenvalue weighted by Crippen LogP contribution is -2.68. The fourth-order valence-corrected chi connectivity index (χ4v) is 7.90. The normalized spacial score (nSPS) is 21.8. The first-order valence-corrected chi connectivity index (χ1v) is 14.9. The molecule has 10 heteroatoms. The molecule has 1 saturated heterocycles. The second-order valence-corrected chi connectivity index (χ2v) is 12.1. The Hall–Kier alpha value is -3.24. The van der Waals surface area contributed by atoms with Gasteiger partial charge >= 0.3 is 11.9 Å². The fourth-order valence-electron chi connectivity index (χ4n) is 5.88. The molecule has 5 rings (SSSR count). The Bertz CT molecular complexity index is 1520. The standard InChI is InChI=1S/C30H30ClNO7S/c1-4-37-27(33)30(28(34)38-5-2)29(25-9-7-6-8-22(25)19-39-29)18-26(21-12-14-23(31)15-13-21)32(30)40(35,36)24-16-10-20(3)11-17-24/h6-17,26H,4-5,18-19H2,1-3H3/t26-,29+/m1/s1. The van der Waals surface area contributed by atoms with Gasteiger partial charge in [0.15, 0.2) is 0 Å². The highest BCUT2D eigenvalue weighted by atomic mass is 35.5. The summed E-state index contributed by atoms with van der Waals surface area (Å²) < 4.78 is 47.9. The van der Waals surface area contributed by atoms with Gasteiger partial charge in [-0.15, -0.1) is 0 Å². The Labute approximate surface area is 238 Å². The maximum absolute atomic E-state index is 14.7. The summed E-state index contributed by atoms with van der Waals surface area (Å²) in [4.78, 5) is 28.5. The number of esters is 2. The van der Waals surface area contributed by atoms with Crippen molar-refractivity contribution in [1.82, 2.24) is 4.31 Å². The number of halogens is 1. The van der Waals surface area contributed by atoms with E-state index in [2.05, 4.69) is 0 Å². The third-order valence-corrected chi connectivity index (χ3v) is 9.75. The molecule has 1 spiro atoms. The molecule has 0 unspecified atom stereocenters. The van der Waals surface area contributed by atoms with Gasteiger partial charge in [-0.2, -0.15) is 4.31 Å². The highest BCUT2D eigenvalue weighted by molar-refractivity contribution is 7.89. The SMILES string of the molecule is CCOC(=O)C1(C(=O)OCC)N(S(=O)(=O)c2ccc(C)cc2)[C@@H](c2ccc(Cl)cc2)C[C@@]12OCc1ccccc12. The average Bonchev–Trinajstić information content (AvgIpc) is 3.47. The van der Waals surface area contributed by atoms with Gasteiger partial charge in [-0.1, -0.05) is 65.7 Å². The van der Waals surface area contributed by atoms with E-state index in [1.165, 1.54) is 12.1 Å². The Balaban J connectivity index is 1.90. The van der Waals surface area contributed by atoms with Crippen molar-refractivity contribution in [1.29, 1.82) is 0 Å². The van der Waals surface area contributed by atoms with Crippen molar-refractivity contribution in [3.63, 3.8) is 0 Å². The van der Waals surface area contributed by atoms with Crippen molar-refractivity contribution >= 4 is 33.6 Å². The minimum atomic E-state index is -4.54. The molecule has 3 aromatic rings. The molecule has 2 aliphatic rings. The summed E-state index contributed by atoms with van der Waals surface area (Å²) in [5, 5.41) is 0.453. The Morgan fingerprint density at radius 1 is 0.950 bits per heavy atom. The van der Waals surface area contributed by atoms with Gasteiger partial charge in [-0.25, -0.2) is 18.0 Å². The first-order chi connectivity index (χ1) is 19.1. The minimum Gasteiger partial charge on any atom is -0.464 e. The van der Waals surface area contributed by atoms with Crippen LogP contribution in [0.2, 0.25) is 5.02 Å². The van der Waals surface area contributed by atoms with Crippen LogP contribution in [0.5, 0.6) is 0 Å². The number of carbonyl (C=O) groups excluding carboxylic acids is 2. The quantitative estimate of drug-likeness (QED) is 0.283. The average molecular weight is 584 g/mol. The van der Waals surface area contributed by atoms with Crippen molar-refractivity contribution in [3.8, 4) is 0 Å². The zero-order valence-electron chi connectivity index (χ0n) is 22.4. The van der Waals surface area contributed by atoms with Gasteiger partial charge < -0.3 is 14.2 Å². The molecular weight excluding hydrogens is 554 g/mol. The smallest absolute Gasteiger partial charge is 0.342 e. The van der Waals surface area contributed by atoms with Crippen molar-refractivity contribution < 1.29 is 32.2 Å². The van der Waals surface area contributed by atoms with E-state index in [0.29, 0.717) is 16.1 Å². The number of ether oxygens (including phenoxy) is 3. The number of benzene rings is 3. The van der Waals surface area contributed by atoms with E-state index in [9.17, 15) is 18.0 Å². The van der Waals surface area contributed by atoms with Crippen molar-refractivity contribution in [2.24, 2.45) is 0 Å². The summed E-state index contributed by atoms with van der Waals surface area (Å²) >= 11 is 6.18. The van der Waals surface area contributed by atoms with E-state index >= 15 is 0 Å². The van der Waals surface area contributed by atoms with Crippen LogP contribution in [-0.4, -0.2) is 43.4 Å². The molecule has 40 heavy (non-hydrogen) atoms. The van der Waals surface area contributed by atoms with Crippen LogP contribution in [0.25, 0.3) is 0 Å². The third kappa shape index (κ3) is 4.15. The summed E-state index contributed by atoms with van der Waals surface area (Å²) in [5.41, 5.74) is -1.60. The van der Waals surface area contributed by atoms with Gasteiger partial charge in [0.1, 0.15) is 5.60 Å². The van der Waals surface area contributed by atoms with E-state index in [0.717, 1.165) is 15.4 Å². The van der Waals surface area contributed by atoms with Crippen LogP contribution in [0, 0.1) is 6.92 Å². The van der Waals surface area contributed by atoms with Gasteiger partial charge in [0.25, 0.3) is 5.54 Å². The largest absolute Gasteiger partial charge is 0.464 e. The lowest BCUT2D eigenvalue weighted by atomic mass is 9.74. The molecule has 0 amide bonds. The third-order valence-electron chi connectivity index (χ3n) is 7.58. The first-order valence-electron chi connectivity index (χ1n) is 13.1. The van der Waals surface area contributed by atoms with Crippen LogP contribution in [0.1, 0.15) is 48.6 Å². The van der Waals surface area contributed by atoms with E-state index < -0.39 is 39.1 Å². The summed E-state index contributed by atoms with van der Waals surface area (Å²) in [6.45, 7) is 4.91. The van der Waals surface area contributed by atoms with Crippen molar-refractivity contribution in [3.05, 3.63) is 100 Å². The molecule has 210 valence electrons. The zero-order valence-corrected chi connectivity index (χ0v) is 24.0. The second kappa shape index (κ2) is 10.6. The Kier molecular flexibility index (Phi) is 7.52. The molecule has 0 aliphatic carbocycles. The number of nitrogens with zero attached hydrogens (tertiary/aromatic N) is 1. The fraction of sp³-hybridized carbons (Fsp3) is 0.333. The van der Waals surface area contributed by atoms with E-state index in [-0.39, 0.29) is 31.1 Å². The molecule has 8 nitrogen and oxygen atoms in total. The monoisotopic (exact) mass is 583 g/mol. The number of fused-ring (bicyclic) bond motifs is 2. The topological polar surface area (TPSA) is 99.2 Å². The van der Waals surface area contributed by atoms with E-state index in [1.54, 1.807) is 62.4 Å². The predicted octanol–water partition coefficient (Wildman–Crippen LogP) is 5.07. The highest BCUT2D eigenvalue weighted by Gasteiger charge is 2.79.